The summed E-state index contributed by atoms with van der Waals surface area (Å²) in [7, 11) is 1.74. The number of anilines is 1. The van der Waals surface area contributed by atoms with E-state index in [2.05, 4.69) is 31.4 Å². The highest BCUT2D eigenvalue weighted by molar-refractivity contribution is 6.33. The fraction of sp³-hybridized carbons (Fsp3) is 0.579. The van der Waals surface area contributed by atoms with Crippen molar-refractivity contribution in [3.8, 4) is 0 Å². The van der Waals surface area contributed by atoms with Crippen LogP contribution in [0.5, 0.6) is 0 Å². The van der Waals surface area contributed by atoms with Crippen LogP contribution in [0.25, 0.3) is 0 Å². The highest BCUT2D eigenvalue weighted by Crippen LogP contribution is 2.26. The number of carbonyl (C=O) groups is 2. The normalized spacial score (nSPS) is 12.2. The Balaban J connectivity index is 2.47. The molecular formula is C19H30ClN3O2. The van der Waals surface area contributed by atoms with E-state index < -0.39 is 0 Å². The van der Waals surface area contributed by atoms with Gasteiger partial charge in [-0.1, -0.05) is 44.5 Å². The van der Waals surface area contributed by atoms with Gasteiger partial charge in [0.25, 0.3) is 0 Å². The van der Waals surface area contributed by atoms with Crippen molar-refractivity contribution in [3.63, 3.8) is 0 Å². The second-order valence-electron chi connectivity index (χ2n) is 8.37. The van der Waals surface area contributed by atoms with Crippen LogP contribution in [0, 0.1) is 5.41 Å². The topological polar surface area (TPSA) is 61.4 Å². The van der Waals surface area contributed by atoms with Gasteiger partial charge in [-0.3, -0.25) is 14.5 Å². The van der Waals surface area contributed by atoms with Crippen molar-refractivity contribution in [2.24, 2.45) is 5.41 Å². The first-order valence-electron chi connectivity index (χ1n) is 8.42. The summed E-state index contributed by atoms with van der Waals surface area (Å²) in [4.78, 5) is 26.0. The minimum absolute atomic E-state index is 0.0951. The maximum Gasteiger partial charge on any atom is 0.238 e. The molecule has 140 valence electrons. The SMILES string of the molecule is CN(CC(=O)Nc1ccccc1Cl)CC(=O)NC(C)(C)CC(C)(C)C. The Hall–Kier alpha value is -1.59. The van der Waals surface area contributed by atoms with Crippen molar-refractivity contribution in [1.82, 2.24) is 10.2 Å². The van der Waals surface area contributed by atoms with E-state index in [1.807, 2.05) is 13.8 Å². The molecule has 0 aliphatic carbocycles. The number of likely N-dealkylation sites (N-methyl/N-ethyl adjacent to an activating group) is 1. The summed E-state index contributed by atoms with van der Waals surface area (Å²) in [5.74, 6) is -0.306. The monoisotopic (exact) mass is 367 g/mol. The number of para-hydroxylation sites is 1. The van der Waals surface area contributed by atoms with Gasteiger partial charge in [0.2, 0.25) is 11.8 Å². The largest absolute Gasteiger partial charge is 0.350 e. The highest BCUT2D eigenvalue weighted by atomic mass is 35.5. The third-order valence-electron chi connectivity index (χ3n) is 3.43. The second kappa shape index (κ2) is 8.68. The third-order valence-corrected chi connectivity index (χ3v) is 3.75. The van der Waals surface area contributed by atoms with Crippen LogP contribution in [-0.4, -0.2) is 42.4 Å². The summed E-state index contributed by atoms with van der Waals surface area (Å²) in [6, 6.07) is 7.05. The standard InChI is InChI=1S/C19H30ClN3O2/c1-18(2,3)13-19(4,5)22-17(25)12-23(6)11-16(24)21-15-10-8-7-9-14(15)20/h7-10H,11-13H2,1-6H3,(H,21,24)(H,22,25). The third kappa shape index (κ3) is 8.89. The molecule has 25 heavy (non-hydrogen) atoms. The van der Waals surface area contributed by atoms with Crippen molar-refractivity contribution in [3.05, 3.63) is 29.3 Å². The van der Waals surface area contributed by atoms with Crippen LogP contribution in [0.4, 0.5) is 5.69 Å². The molecule has 0 aliphatic rings. The molecule has 0 aliphatic heterocycles. The number of rotatable bonds is 7. The summed E-state index contributed by atoms with van der Waals surface area (Å²) in [6.07, 6.45) is 0.864. The van der Waals surface area contributed by atoms with Gasteiger partial charge in [-0.15, -0.1) is 0 Å². The Labute approximate surface area is 156 Å². The van der Waals surface area contributed by atoms with Crippen LogP contribution in [0.3, 0.4) is 0 Å². The maximum atomic E-state index is 12.2. The summed E-state index contributed by atoms with van der Waals surface area (Å²) < 4.78 is 0. The lowest BCUT2D eigenvalue weighted by Crippen LogP contribution is -2.49. The van der Waals surface area contributed by atoms with Gasteiger partial charge in [0.05, 0.1) is 23.8 Å². The molecule has 0 bridgehead atoms. The van der Waals surface area contributed by atoms with E-state index in [0.29, 0.717) is 10.7 Å². The van der Waals surface area contributed by atoms with Crippen LogP contribution in [0.15, 0.2) is 24.3 Å². The first-order valence-corrected chi connectivity index (χ1v) is 8.80. The van der Waals surface area contributed by atoms with Crippen molar-refractivity contribution in [2.75, 3.05) is 25.5 Å². The molecule has 0 saturated heterocycles. The van der Waals surface area contributed by atoms with Crippen LogP contribution < -0.4 is 10.6 Å². The lowest BCUT2D eigenvalue weighted by Gasteiger charge is -2.33. The average molecular weight is 368 g/mol. The molecule has 1 aromatic rings. The van der Waals surface area contributed by atoms with Crippen LogP contribution >= 0.6 is 11.6 Å². The Morgan fingerprint density at radius 2 is 1.60 bits per heavy atom. The van der Waals surface area contributed by atoms with Crippen molar-refractivity contribution in [1.29, 1.82) is 0 Å². The van der Waals surface area contributed by atoms with E-state index in [-0.39, 0.29) is 35.9 Å². The van der Waals surface area contributed by atoms with Crippen molar-refractivity contribution in [2.45, 2.75) is 46.6 Å². The molecule has 1 rings (SSSR count). The maximum absolute atomic E-state index is 12.2. The van der Waals surface area contributed by atoms with Gasteiger partial charge in [-0.25, -0.2) is 0 Å². The molecule has 0 atom stereocenters. The number of nitrogens with zero attached hydrogens (tertiary/aromatic N) is 1. The number of carbonyl (C=O) groups excluding carboxylic acids is 2. The zero-order chi connectivity index (χ0) is 19.3. The van der Waals surface area contributed by atoms with Gasteiger partial charge in [0.1, 0.15) is 0 Å². The minimum atomic E-state index is -0.296. The molecular weight excluding hydrogens is 338 g/mol. The molecule has 5 nitrogen and oxygen atoms in total. The van der Waals surface area contributed by atoms with Gasteiger partial charge < -0.3 is 10.6 Å². The molecule has 0 saturated carbocycles. The molecule has 0 radical (unpaired) electrons. The fourth-order valence-electron chi connectivity index (χ4n) is 3.09. The average Bonchev–Trinajstić information content (AvgIpc) is 2.36. The van der Waals surface area contributed by atoms with Crippen LogP contribution in [-0.2, 0) is 9.59 Å². The van der Waals surface area contributed by atoms with Crippen molar-refractivity contribution < 1.29 is 9.59 Å². The summed E-state index contributed by atoms with van der Waals surface area (Å²) in [6.45, 7) is 10.7. The zero-order valence-corrected chi connectivity index (χ0v) is 16.8. The Bertz CT molecular complexity index is 609. The van der Waals surface area contributed by atoms with Gasteiger partial charge in [-0.05, 0) is 44.9 Å². The van der Waals surface area contributed by atoms with E-state index in [1.165, 1.54) is 0 Å². The number of halogens is 1. The lowest BCUT2D eigenvalue weighted by atomic mass is 9.82. The molecule has 1 aromatic carbocycles. The van der Waals surface area contributed by atoms with E-state index in [1.54, 1.807) is 36.2 Å². The Morgan fingerprint density at radius 3 is 2.16 bits per heavy atom. The van der Waals surface area contributed by atoms with Gasteiger partial charge in [-0.2, -0.15) is 0 Å². The predicted octanol–water partition coefficient (Wildman–Crippen LogP) is 3.54. The van der Waals surface area contributed by atoms with Crippen molar-refractivity contribution >= 4 is 29.1 Å². The molecule has 0 aromatic heterocycles. The van der Waals surface area contributed by atoms with Crippen LogP contribution in [0.1, 0.15) is 41.0 Å². The summed E-state index contributed by atoms with van der Waals surface area (Å²) in [5.41, 5.74) is 0.395. The minimum Gasteiger partial charge on any atom is -0.350 e. The first kappa shape index (κ1) is 21.5. The lowest BCUT2D eigenvalue weighted by molar-refractivity contribution is -0.124. The molecule has 0 fully saturated rings. The van der Waals surface area contributed by atoms with Gasteiger partial charge in [0, 0.05) is 5.54 Å². The summed E-state index contributed by atoms with van der Waals surface area (Å²) in [5, 5.41) is 6.28. The van der Waals surface area contributed by atoms with E-state index >= 15 is 0 Å². The Morgan fingerprint density at radius 1 is 1.04 bits per heavy atom. The molecule has 2 amide bonds. The number of nitrogens with one attached hydrogen (secondary N) is 2. The second-order valence-corrected chi connectivity index (χ2v) is 8.78. The number of hydrogen-bond acceptors (Lipinski definition) is 3. The van der Waals surface area contributed by atoms with Crippen LogP contribution in [0.2, 0.25) is 5.02 Å². The van der Waals surface area contributed by atoms with Gasteiger partial charge >= 0.3 is 0 Å². The predicted molar refractivity (Wildman–Crippen MR) is 104 cm³/mol. The van der Waals surface area contributed by atoms with E-state index in [9.17, 15) is 9.59 Å². The van der Waals surface area contributed by atoms with E-state index in [4.69, 9.17) is 11.6 Å². The Kier molecular flexibility index (Phi) is 7.44. The number of amides is 2. The smallest absolute Gasteiger partial charge is 0.238 e. The molecule has 2 N–H and O–H groups in total. The fourth-order valence-corrected chi connectivity index (χ4v) is 3.27. The number of hydrogen-bond donors (Lipinski definition) is 2. The highest BCUT2D eigenvalue weighted by Gasteiger charge is 2.27. The van der Waals surface area contributed by atoms with E-state index in [0.717, 1.165) is 6.42 Å². The number of benzene rings is 1. The zero-order valence-electron chi connectivity index (χ0n) is 16.1. The van der Waals surface area contributed by atoms with Gasteiger partial charge in [0.15, 0.2) is 0 Å². The molecule has 0 spiro atoms. The molecule has 6 heteroatoms. The summed E-state index contributed by atoms with van der Waals surface area (Å²) >= 11 is 6.02. The quantitative estimate of drug-likeness (QED) is 0.774. The molecule has 0 heterocycles. The molecule has 0 unspecified atom stereocenters. The first-order chi connectivity index (χ1) is 11.4.